The summed E-state index contributed by atoms with van der Waals surface area (Å²) >= 11 is 0. The molecule has 0 saturated heterocycles. The number of benzene rings is 1. The van der Waals surface area contributed by atoms with Crippen LogP contribution in [0.5, 0.6) is 0 Å². The highest BCUT2D eigenvalue weighted by molar-refractivity contribution is 5.84. The molecule has 0 bridgehead atoms. The van der Waals surface area contributed by atoms with E-state index in [2.05, 4.69) is 5.32 Å². The number of rotatable bonds is 4. The Hall–Kier alpha value is -2.50. The summed E-state index contributed by atoms with van der Waals surface area (Å²) in [6.45, 7) is 6.99. The van der Waals surface area contributed by atoms with E-state index in [0.29, 0.717) is 16.9 Å². The Labute approximate surface area is 134 Å². The summed E-state index contributed by atoms with van der Waals surface area (Å²) in [7, 11) is 0. The molecule has 2 aromatic rings. The van der Waals surface area contributed by atoms with E-state index in [-0.39, 0.29) is 6.42 Å². The highest BCUT2D eigenvalue weighted by Gasteiger charge is 2.26. The molecule has 0 aliphatic rings. The Morgan fingerprint density at radius 2 is 1.96 bits per heavy atom. The molecule has 0 fully saturated rings. The number of carboxylic acids is 1. The summed E-state index contributed by atoms with van der Waals surface area (Å²) in [6.07, 6.45) is -0.919. The van der Waals surface area contributed by atoms with Crippen LogP contribution in [-0.2, 0) is 9.53 Å². The minimum Gasteiger partial charge on any atom is -0.481 e. The molecule has 23 heavy (non-hydrogen) atoms. The lowest BCUT2D eigenvalue weighted by Gasteiger charge is -2.23. The molecule has 124 valence electrons. The minimum atomic E-state index is -1.02. The molecule has 0 radical (unpaired) electrons. The van der Waals surface area contributed by atoms with Gasteiger partial charge in [-0.3, -0.25) is 4.79 Å². The number of aliphatic carboxylic acids is 1. The Morgan fingerprint density at radius 1 is 1.30 bits per heavy atom. The van der Waals surface area contributed by atoms with Gasteiger partial charge in [0.1, 0.15) is 16.9 Å². The van der Waals surface area contributed by atoms with E-state index < -0.39 is 23.7 Å². The molecule has 6 nitrogen and oxygen atoms in total. The number of amides is 1. The lowest BCUT2D eigenvalue weighted by Crippen LogP contribution is -2.36. The molecular weight excluding hydrogens is 298 g/mol. The van der Waals surface area contributed by atoms with Crippen LogP contribution in [0, 0.1) is 6.92 Å². The second-order valence-electron chi connectivity index (χ2n) is 6.36. The van der Waals surface area contributed by atoms with Gasteiger partial charge >= 0.3 is 12.1 Å². The fourth-order valence-electron chi connectivity index (χ4n) is 2.47. The van der Waals surface area contributed by atoms with Crippen molar-refractivity contribution in [1.82, 2.24) is 5.32 Å². The van der Waals surface area contributed by atoms with E-state index in [9.17, 15) is 9.59 Å². The van der Waals surface area contributed by atoms with E-state index in [1.807, 2.05) is 18.2 Å². The number of hydrogen-bond acceptors (Lipinski definition) is 4. The average Bonchev–Trinajstić information content (AvgIpc) is 2.70. The first-order valence-electron chi connectivity index (χ1n) is 7.36. The second kappa shape index (κ2) is 6.32. The van der Waals surface area contributed by atoms with Crippen molar-refractivity contribution in [2.75, 3.05) is 0 Å². The van der Waals surface area contributed by atoms with Gasteiger partial charge in [0.25, 0.3) is 0 Å². The van der Waals surface area contributed by atoms with Gasteiger partial charge in [0.05, 0.1) is 12.5 Å². The normalized spacial score (nSPS) is 12.9. The Bertz CT molecular complexity index is 726. The lowest BCUT2D eigenvalue weighted by atomic mass is 10.0. The van der Waals surface area contributed by atoms with Crippen LogP contribution in [0.1, 0.15) is 44.6 Å². The van der Waals surface area contributed by atoms with Gasteiger partial charge < -0.3 is 19.6 Å². The van der Waals surface area contributed by atoms with Crippen LogP contribution in [0.4, 0.5) is 4.79 Å². The Balaban J connectivity index is 2.36. The molecule has 2 N–H and O–H groups in total. The van der Waals surface area contributed by atoms with Crippen LogP contribution < -0.4 is 5.32 Å². The van der Waals surface area contributed by atoms with Crippen molar-refractivity contribution in [3.05, 3.63) is 35.6 Å². The van der Waals surface area contributed by atoms with E-state index in [0.717, 1.165) is 5.39 Å². The van der Waals surface area contributed by atoms with Crippen LogP contribution in [0.15, 0.2) is 28.7 Å². The number of carbonyl (C=O) groups excluding carboxylic acids is 1. The monoisotopic (exact) mass is 319 g/mol. The summed E-state index contributed by atoms with van der Waals surface area (Å²) in [6, 6.07) is 6.59. The zero-order valence-electron chi connectivity index (χ0n) is 13.7. The third kappa shape index (κ3) is 4.25. The van der Waals surface area contributed by atoms with Gasteiger partial charge in [-0.25, -0.2) is 4.79 Å². The van der Waals surface area contributed by atoms with Crippen LogP contribution in [-0.4, -0.2) is 22.8 Å². The van der Waals surface area contributed by atoms with Gasteiger partial charge in [0, 0.05) is 10.9 Å². The molecule has 1 heterocycles. The second-order valence-corrected chi connectivity index (χ2v) is 6.36. The molecule has 1 aromatic heterocycles. The standard InChI is InChI=1S/C17H21NO5/c1-10-15(11-7-5-6-8-13(11)22-10)12(9-14(19)20)18-16(21)23-17(2,3)4/h5-8,12H,9H2,1-4H3,(H,18,21)(H,19,20). The number of furan rings is 1. The fraction of sp³-hybridized carbons (Fsp3) is 0.412. The predicted molar refractivity (Wildman–Crippen MR) is 85.3 cm³/mol. The number of nitrogens with one attached hydrogen (secondary N) is 1. The number of hydrogen-bond donors (Lipinski definition) is 2. The molecule has 0 aliphatic carbocycles. The Morgan fingerprint density at radius 3 is 2.57 bits per heavy atom. The van der Waals surface area contributed by atoms with E-state index >= 15 is 0 Å². The van der Waals surface area contributed by atoms with Crippen LogP contribution in [0.25, 0.3) is 11.0 Å². The summed E-state index contributed by atoms with van der Waals surface area (Å²) in [5.41, 5.74) is 0.654. The van der Waals surface area contributed by atoms with Crippen molar-refractivity contribution in [2.45, 2.75) is 45.8 Å². The molecule has 6 heteroatoms. The third-order valence-corrected chi connectivity index (χ3v) is 3.24. The SMILES string of the molecule is Cc1oc2ccccc2c1C(CC(=O)O)NC(=O)OC(C)(C)C. The summed E-state index contributed by atoms with van der Waals surface area (Å²) in [4.78, 5) is 23.2. The average molecular weight is 319 g/mol. The first-order valence-corrected chi connectivity index (χ1v) is 7.36. The van der Waals surface area contributed by atoms with E-state index in [1.165, 1.54) is 0 Å². The first kappa shape index (κ1) is 16.9. The Kier molecular flexibility index (Phi) is 4.63. The molecule has 0 aliphatic heterocycles. The van der Waals surface area contributed by atoms with Crippen molar-refractivity contribution < 1.29 is 23.8 Å². The van der Waals surface area contributed by atoms with Crippen molar-refractivity contribution in [3.8, 4) is 0 Å². The van der Waals surface area contributed by atoms with E-state index in [1.54, 1.807) is 33.8 Å². The van der Waals surface area contributed by atoms with Gasteiger partial charge in [-0.15, -0.1) is 0 Å². The number of ether oxygens (including phenoxy) is 1. The number of carboxylic acid groups (broad SMARTS) is 1. The van der Waals surface area contributed by atoms with Gasteiger partial charge in [-0.1, -0.05) is 18.2 Å². The van der Waals surface area contributed by atoms with Gasteiger partial charge in [0.2, 0.25) is 0 Å². The number of fused-ring (bicyclic) bond motifs is 1. The largest absolute Gasteiger partial charge is 0.481 e. The quantitative estimate of drug-likeness (QED) is 0.895. The molecule has 0 spiro atoms. The molecule has 1 unspecified atom stereocenters. The summed E-state index contributed by atoms with van der Waals surface area (Å²) < 4.78 is 10.9. The molecule has 2 rings (SSSR count). The smallest absolute Gasteiger partial charge is 0.408 e. The number of carbonyl (C=O) groups is 2. The molecular formula is C17H21NO5. The maximum Gasteiger partial charge on any atom is 0.408 e. The maximum atomic E-state index is 12.0. The zero-order valence-corrected chi connectivity index (χ0v) is 13.7. The topological polar surface area (TPSA) is 88.8 Å². The predicted octanol–water partition coefficient (Wildman–Crippen LogP) is 3.78. The molecule has 0 saturated carbocycles. The van der Waals surface area contributed by atoms with E-state index in [4.69, 9.17) is 14.3 Å². The van der Waals surface area contributed by atoms with Crippen molar-refractivity contribution in [1.29, 1.82) is 0 Å². The number of alkyl carbamates (subject to hydrolysis) is 1. The van der Waals surface area contributed by atoms with Crippen LogP contribution in [0.3, 0.4) is 0 Å². The zero-order chi connectivity index (χ0) is 17.2. The maximum absolute atomic E-state index is 12.0. The molecule has 1 atom stereocenters. The van der Waals surface area contributed by atoms with Gasteiger partial charge in [-0.05, 0) is 33.8 Å². The third-order valence-electron chi connectivity index (χ3n) is 3.24. The molecule has 1 aromatic carbocycles. The van der Waals surface area contributed by atoms with Crippen molar-refractivity contribution >= 4 is 23.0 Å². The number of para-hydroxylation sites is 1. The minimum absolute atomic E-state index is 0.260. The van der Waals surface area contributed by atoms with Gasteiger partial charge in [-0.2, -0.15) is 0 Å². The van der Waals surface area contributed by atoms with Gasteiger partial charge in [0.15, 0.2) is 0 Å². The van der Waals surface area contributed by atoms with Crippen molar-refractivity contribution in [3.63, 3.8) is 0 Å². The summed E-state index contributed by atoms with van der Waals surface area (Å²) in [5.74, 6) is -0.441. The highest BCUT2D eigenvalue weighted by Crippen LogP contribution is 2.32. The van der Waals surface area contributed by atoms with Crippen LogP contribution >= 0.6 is 0 Å². The fourth-order valence-corrected chi connectivity index (χ4v) is 2.47. The number of aryl methyl sites for hydroxylation is 1. The highest BCUT2D eigenvalue weighted by atomic mass is 16.6. The molecule has 1 amide bonds. The summed E-state index contributed by atoms with van der Waals surface area (Å²) in [5, 5.41) is 12.6. The van der Waals surface area contributed by atoms with Crippen molar-refractivity contribution in [2.24, 2.45) is 0 Å². The van der Waals surface area contributed by atoms with Crippen LogP contribution in [0.2, 0.25) is 0 Å². The lowest BCUT2D eigenvalue weighted by molar-refractivity contribution is -0.137. The first-order chi connectivity index (χ1) is 10.7.